The zero-order valence-electron chi connectivity index (χ0n) is 13.2. The molecule has 7 heteroatoms. The van der Waals surface area contributed by atoms with E-state index in [0.29, 0.717) is 21.8 Å². The summed E-state index contributed by atoms with van der Waals surface area (Å²) in [4.78, 5) is 12.5. The maximum Gasteiger partial charge on any atom is 0.338 e. The van der Waals surface area contributed by atoms with Crippen molar-refractivity contribution in [2.45, 2.75) is 6.04 Å². The SMILES string of the molecule is COC(=O)C1=C(c2ccc(Cl)cc2)NC(=S)N[C@H]1c1ccccc1F. The predicted octanol–water partition coefficient (Wildman–Crippen LogP) is 3.58. The third kappa shape index (κ3) is 3.50. The van der Waals surface area contributed by atoms with Gasteiger partial charge in [0.05, 0.1) is 24.4 Å². The highest BCUT2D eigenvalue weighted by Gasteiger charge is 2.34. The normalized spacial score (nSPS) is 16.9. The van der Waals surface area contributed by atoms with Crippen LogP contribution in [-0.4, -0.2) is 18.2 Å². The second-order valence-electron chi connectivity index (χ2n) is 5.34. The summed E-state index contributed by atoms with van der Waals surface area (Å²) in [6, 6.07) is 12.3. The summed E-state index contributed by atoms with van der Waals surface area (Å²) < 4.78 is 19.3. The lowest BCUT2D eigenvalue weighted by Crippen LogP contribution is -2.45. The van der Waals surface area contributed by atoms with Crippen LogP contribution >= 0.6 is 23.8 Å². The number of nitrogens with one attached hydrogen (secondary N) is 2. The van der Waals surface area contributed by atoms with E-state index in [1.165, 1.54) is 13.2 Å². The fourth-order valence-corrected chi connectivity index (χ4v) is 3.03. The van der Waals surface area contributed by atoms with Gasteiger partial charge in [-0.15, -0.1) is 0 Å². The number of benzene rings is 2. The van der Waals surface area contributed by atoms with Gasteiger partial charge >= 0.3 is 5.97 Å². The van der Waals surface area contributed by atoms with Crippen LogP contribution in [0.15, 0.2) is 54.1 Å². The molecule has 3 rings (SSSR count). The van der Waals surface area contributed by atoms with Gasteiger partial charge in [-0.25, -0.2) is 9.18 Å². The van der Waals surface area contributed by atoms with Crippen molar-refractivity contribution in [1.29, 1.82) is 0 Å². The highest BCUT2D eigenvalue weighted by atomic mass is 35.5. The molecule has 0 saturated carbocycles. The fourth-order valence-electron chi connectivity index (χ4n) is 2.68. The maximum atomic E-state index is 14.3. The molecule has 0 bridgehead atoms. The Bertz CT molecular complexity index is 868. The lowest BCUT2D eigenvalue weighted by atomic mass is 9.92. The van der Waals surface area contributed by atoms with Crippen molar-refractivity contribution in [3.63, 3.8) is 0 Å². The van der Waals surface area contributed by atoms with Crippen molar-refractivity contribution in [3.8, 4) is 0 Å². The number of ether oxygens (including phenoxy) is 1. The van der Waals surface area contributed by atoms with Crippen LogP contribution < -0.4 is 10.6 Å². The van der Waals surface area contributed by atoms with Crippen LogP contribution in [0.4, 0.5) is 4.39 Å². The van der Waals surface area contributed by atoms with Gasteiger partial charge in [0.1, 0.15) is 5.82 Å². The average Bonchev–Trinajstić information content (AvgIpc) is 2.61. The molecule has 0 radical (unpaired) electrons. The van der Waals surface area contributed by atoms with Crippen molar-refractivity contribution in [1.82, 2.24) is 10.6 Å². The number of esters is 1. The van der Waals surface area contributed by atoms with E-state index in [9.17, 15) is 9.18 Å². The monoisotopic (exact) mass is 376 g/mol. The molecule has 0 aromatic heterocycles. The number of carbonyl (C=O) groups excluding carboxylic acids is 1. The minimum absolute atomic E-state index is 0.239. The Kier molecular flexibility index (Phi) is 5.01. The van der Waals surface area contributed by atoms with Crippen molar-refractivity contribution in [2.75, 3.05) is 7.11 Å². The van der Waals surface area contributed by atoms with E-state index in [-0.39, 0.29) is 10.7 Å². The molecule has 2 aromatic rings. The second-order valence-corrected chi connectivity index (χ2v) is 6.18. The quantitative estimate of drug-likeness (QED) is 0.633. The van der Waals surface area contributed by atoms with E-state index in [4.69, 9.17) is 28.6 Å². The van der Waals surface area contributed by atoms with E-state index in [0.717, 1.165) is 0 Å². The molecule has 2 N–H and O–H groups in total. The first-order valence-electron chi connectivity index (χ1n) is 7.41. The van der Waals surface area contributed by atoms with Gasteiger partial charge in [-0.3, -0.25) is 0 Å². The van der Waals surface area contributed by atoms with Gasteiger partial charge in [0, 0.05) is 10.6 Å². The molecule has 4 nitrogen and oxygen atoms in total. The molecular formula is C18H14ClFN2O2S. The van der Waals surface area contributed by atoms with Crippen molar-refractivity contribution in [2.24, 2.45) is 0 Å². The third-order valence-electron chi connectivity index (χ3n) is 3.83. The standard InChI is InChI=1S/C18H14ClFN2O2S/c1-24-17(23)14-15(10-6-8-11(19)9-7-10)21-18(25)22-16(14)12-4-2-3-5-13(12)20/h2-9,16H,1H3,(H2,21,22,25)/t16-/m0/s1. The summed E-state index contributed by atoms with van der Waals surface area (Å²) in [5, 5.41) is 6.76. The van der Waals surface area contributed by atoms with Gasteiger partial charge < -0.3 is 15.4 Å². The first kappa shape index (κ1) is 17.4. The second kappa shape index (κ2) is 7.21. The van der Waals surface area contributed by atoms with E-state index in [1.54, 1.807) is 42.5 Å². The van der Waals surface area contributed by atoms with Gasteiger partial charge in [-0.2, -0.15) is 0 Å². The molecule has 0 aliphatic carbocycles. The van der Waals surface area contributed by atoms with Crippen molar-refractivity contribution >= 4 is 40.6 Å². The molecule has 25 heavy (non-hydrogen) atoms. The van der Waals surface area contributed by atoms with E-state index >= 15 is 0 Å². The van der Waals surface area contributed by atoms with E-state index in [1.807, 2.05) is 0 Å². The fraction of sp³-hybridized carbons (Fsp3) is 0.111. The van der Waals surface area contributed by atoms with Crippen LogP contribution in [0.2, 0.25) is 5.02 Å². The Hall–Kier alpha value is -2.44. The largest absolute Gasteiger partial charge is 0.466 e. The summed E-state index contributed by atoms with van der Waals surface area (Å²) in [6.45, 7) is 0. The molecule has 0 spiro atoms. The van der Waals surface area contributed by atoms with Crippen molar-refractivity contribution in [3.05, 3.63) is 76.1 Å². The minimum atomic E-state index is -0.770. The van der Waals surface area contributed by atoms with Gasteiger partial charge in [-0.1, -0.05) is 41.9 Å². The molecule has 1 aliphatic heterocycles. The van der Waals surface area contributed by atoms with Gasteiger partial charge in [0.15, 0.2) is 5.11 Å². The molecule has 1 heterocycles. The molecule has 128 valence electrons. The molecule has 1 aliphatic rings. The Morgan fingerprint density at radius 1 is 1.20 bits per heavy atom. The molecule has 1 atom stereocenters. The number of rotatable bonds is 3. The first-order valence-corrected chi connectivity index (χ1v) is 8.20. The lowest BCUT2D eigenvalue weighted by Gasteiger charge is -2.31. The number of hydrogen-bond acceptors (Lipinski definition) is 3. The number of thiocarbonyl (C=S) groups is 1. The van der Waals surface area contributed by atoms with E-state index in [2.05, 4.69) is 10.6 Å². The smallest absolute Gasteiger partial charge is 0.338 e. The minimum Gasteiger partial charge on any atom is -0.466 e. The van der Waals surface area contributed by atoms with E-state index < -0.39 is 17.8 Å². The molecule has 0 amide bonds. The highest BCUT2D eigenvalue weighted by molar-refractivity contribution is 7.80. The molecule has 0 unspecified atom stereocenters. The highest BCUT2D eigenvalue weighted by Crippen LogP contribution is 2.33. The lowest BCUT2D eigenvalue weighted by molar-refractivity contribution is -0.136. The summed E-state index contributed by atoms with van der Waals surface area (Å²) >= 11 is 11.2. The van der Waals surface area contributed by atoms with Gasteiger partial charge in [0.2, 0.25) is 0 Å². The zero-order valence-corrected chi connectivity index (χ0v) is 14.7. The Labute approximate surface area is 154 Å². The Morgan fingerprint density at radius 3 is 2.52 bits per heavy atom. The topological polar surface area (TPSA) is 50.4 Å². The molecule has 2 aromatic carbocycles. The average molecular weight is 377 g/mol. The number of carbonyl (C=O) groups is 1. The van der Waals surface area contributed by atoms with Crippen LogP contribution in [0.5, 0.6) is 0 Å². The summed E-state index contributed by atoms with van der Waals surface area (Å²) in [6.07, 6.45) is 0. The summed E-state index contributed by atoms with van der Waals surface area (Å²) in [5.41, 5.74) is 1.69. The van der Waals surface area contributed by atoms with Gasteiger partial charge in [0.25, 0.3) is 0 Å². The number of halogens is 2. The Morgan fingerprint density at radius 2 is 1.88 bits per heavy atom. The van der Waals surface area contributed by atoms with Gasteiger partial charge in [-0.05, 0) is 36.0 Å². The van der Waals surface area contributed by atoms with Crippen LogP contribution in [0.25, 0.3) is 5.70 Å². The van der Waals surface area contributed by atoms with Crippen LogP contribution in [0.3, 0.4) is 0 Å². The Balaban J connectivity index is 2.21. The first-order chi connectivity index (χ1) is 12.0. The number of methoxy groups -OCH3 is 1. The molecule has 0 fully saturated rings. The summed E-state index contributed by atoms with van der Waals surface area (Å²) in [5.74, 6) is -1.03. The van der Waals surface area contributed by atoms with Crippen LogP contribution in [0.1, 0.15) is 17.2 Å². The molecular weight excluding hydrogens is 363 g/mol. The van der Waals surface area contributed by atoms with Crippen LogP contribution in [-0.2, 0) is 9.53 Å². The number of hydrogen-bond donors (Lipinski definition) is 2. The molecule has 0 saturated heterocycles. The predicted molar refractivity (Wildman–Crippen MR) is 98.4 cm³/mol. The summed E-state index contributed by atoms with van der Waals surface area (Å²) in [7, 11) is 1.28. The maximum absolute atomic E-state index is 14.3. The van der Waals surface area contributed by atoms with Crippen LogP contribution in [0, 0.1) is 5.82 Å². The zero-order chi connectivity index (χ0) is 18.0. The third-order valence-corrected chi connectivity index (χ3v) is 4.30. The van der Waals surface area contributed by atoms with Crippen molar-refractivity contribution < 1.29 is 13.9 Å².